The lowest BCUT2D eigenvalue weighted by atomic mass is 10.1. The second kappa shape index (κ2) is 11.8. The molecule has 1 unspecified atom stereocenters. The number of aryl methyl sites for hydroxylation is 2. The molecule has 2 rings (SSSR count). The lowest BCUT2D eigenvalue weighted by Gasteiger charge is -2.29. The largest absolute Gasteiger partial charge is 0.355 e. The molecule has 2 aromatic rings. The molecule has 7 nitrogen and oxygen atoms in total. The molecule has 0 spiro atoms. The number of hydrogen-bond acceptors (Lipinski definition) is 4. The average Bonchev–Trinajstić information content (AvgIpc) is 2.75. The Kier molecular flexibility index (Phi) is 9.46. The van der Waals surface area contributed by atoms with Gasteiger partial charge in [0.15, 0.2) is 0 Å². The van der Waals surface area contributed by atoms with Gasteiger partial charge in [-0.15, -0.1) is 0 Å². The van der Waals surface area contributed by atoms with E-state index in [0.717, 1.165) is 22.9 Å². The van der Waals surface area contributed by atoms with Gasteiger partial charge in [-0.1, -0.05) is 42.0 Å². The molecule has 0 heterocycles. The zero-order chi connectivity index (χ0) is 24.6. The first-order valence-electron chi connectivity index (χ1n) is 11.2. The Morgan fingerprint density at radius 3 is 2.27 bits per heavy atom. The number of amides is 2. The third-order valence-electron chi connectivity index (χ3n) is 5.43. The normalized spacial score (nSPS) is 12.2. The molecule has 0 aromatic heterocycles. The van der Waals surface area contributed by atoms with Crippen molar-refractivity contribution in [3.63, 3.8) is 0 Å². The Morgan fingerprint density at radius 1 is 1.03 bits per heavy atom. The van der Waals surface area contributed by atoms with Crippen molar-refractivity contribution in [2.45, 2.75) is 53.1 Å². The fraction of sp³-hybridized carbons (Fsp3) is 0.440. The van der Waals surface area contributed by atoms with Gasteiger partial charge in [-0.2, -0.15) is 0 Å². The molecule has 1 atom stereocenters. The van der Waals surface area contributed by atoms with E-state index < -0.39 is 16.1 Å². The van der Waals surface area contributed by atoms with Gasteiger partial charge in [0, 0.05) is 26.1 Å². The standard InChI is InChI=1S/C25H35N3O4S/c1-6-26-25(30)21(4)27(18-22-14-12-19(2)13-15-22)24(29)11-8-16-28(33(5,31)32)23-10-7-9-20(3)17-23/h7,9-10,12-15,17,21H,6,8,11,16,18H2,1-5H3,(H,26,30). The highest BCUT2D eigenvalue weighted by molar-refractivity contribution is 7.92. The number of hydrogen-bond donors (Lipinski definition) is 1. The zero-order valence-electron chi connectivity index (χ0n) is 20.2. The molecule has 0 saturated heterocycles. The van der Waals surface area contributed by atoms with Crippen LogP contribution in [0, 0.1) is 13.8 Å². The summed E-state index contributed by atoms with van der Waals surface area (Å²) >= 11 is 0. The van der Waals surface area contributed by atoms with Crippen molar-refractivity contribution < 1.29 is 18.0 Å². The fourth-order valence-electron chi connectivity index (χ4n) is 3.58. The van der Waals surface area contributed by atoms with Crippen LogP contribution in [0.15, 0.2) is 48.5 Å². The van der Waals surface area contributed by atoms with Gasteiger partial charge >= 0.3 is 0 Å². The predicted octanol–water partition coefficient (Wildman–Crippen LogP) is 3.40. The van der Waals surface area contributed by atoms with Gasteiger partial charge in [0.1, 0.15) is 6.04 Å². The van der Waals surface area contributed by atoms with E-state index in [1.807, 2.05) is 63.2 Å². The van der Waals surface area contributed by atoms with Gasteiger partial charge in [0.25, 0.3) is 0 Å². The Morgan fingerprint density at radius 2 is 1.70 bits per heavy atom. The van der Waals surface area contributed by atoms with Crippen LogP contribution in [0.5, 0.6) is 0 Å². The quantitative estimate of drug-likeness (QED) is 0.542. The second-order valence-corrected chi connectivity index (χ2v) is 10.3. The lowest BCUT2D eigenvalue weighted by molar-refractivity contribution is -0.140. The number of carbonyl (C=O) groups excluding carboxylic acids is 2. The number of sulfonamides is 1. The molecule has 0 fully saturated rings. The summed E-state index contributed by atoms with van der Waals surface area (Å²) in [6.07, 6.45) is 1.64. The van der Waals surface area contributed by atoms with Crippen LogP contribution < -0.4 is 9.62 Å². The monoisotopic (exact) mass is 473 g/mol. The van der Waals surface area contributed by atoms with Crippen LogP contribution in [0.25, 0.3) is 0 Å². The van der Waals surface area contributed by atoms with Crippen molar-refractivity contribution in [3.8, 4) is 0 Å². The smallest absolute Gasteiger partial charge is 0.242 e. The summed E-state index contributed by atoms with van der Waals surface area (Å²) in [5.74, 6) is -0.400. The molecular formula is C25H35N3O4S. The van der Waals surface area contributed by atoms with E-state index in [1.54, 1.807) is 17.9 Å². The van der Waals surface area contributed by atoms with E-state index >= 15 is 0 Å². The summed E-state index contributed by atoms with van der Waals surface area (Å²) in [6.45, 7) is 8.42. The highest BCUT2D eigenvalue weighted by atomic mass is 32.2. The zero-order valence-corrected chi connectivity index (χ0v) is 21.0. The van der Waals surface area contributed by atoms with Crippen molar-refractivity contribution in [1.29, 1.82) is 0 Å². The Labute approximate surface area is 197 Å². The van der Waals surface area contributed by atoms with Gasteiger partial charge < -0.3 is 10.2 Å². The van der Waals surface area contributed by atoms with Crippen molar-refractivity contribution in [1.82, 2.24) is 10.2 Å². The molecule has 0 saturated carbocycles. The molecule has 0 aliphatic rings. The number of benzene rings is 2. The highest BCUT2D eigenvalue weighted by Crippen LogP contribution is 2.20. The van der Waals surface area contributed by atoms with Crippen LogP contribution >= 0.6 is 0 Å². The third kappa shape index (κ3) is 7.89. The van der Waals surface area contributed by atoms with Gasteiger partial charge in [-0.3, -0.25) is 13.9 Å². The Hall–Kier alpha value is -2.87. The van der Waals surface area contributed by atoms with Gasteiger partial charge in [0.2, 0.25) is 21.8 Å². The number of anilines is 1. The molecule has 0 aliphatic heterocycles. The molecule has 1 N–H and O–H groups in total. The summed E-state index contributed by atoms with van der Waals surface area (Å²) in [7, 11) is -3.50. The lowest BCUT2D eigenvalue weighted by Crippen LogP contribution is -2.47. The molecule has 0 aliphatic carbocycles. The topological polar surface area (TPSA) is 86.8 Å². The number of rotatable bonds is 11. The molecule has 33 heavy (non-hydrogen) atoms. The predicted molar refractivity (Wildman–Crippen MR) is 132 cm³/mol. The Bertz CT molecular complexity index is 1050. The van der Waals surface area contributed by atoms with Crippen molar-refractivity contribution in [2.24, 2.45) is 0 Å². The van der Waals surface area contributed by atoms with E-state index in [9.17, 15) is 18.0 Å². The summed E-state index contributed by atoms with van der Waals surface area (Å²) in [4.78, 5) is 27.2. The van der Waals surface area contributed by atoms with E-state index in [2.05, 4.69) is 5.32 Å². The third-order valence-corrected chi connectivity index (χ3v) is 6.63. The van der Waals surface area contributed by atoms with Crippen LogP contribution in [0.2, 0.25) is 0 Å². The number of carbonyl (C=O) groups is 2. The van der Waals surface area contributed by atoms with E-state index in [4.69, 9.17) is 0 Å². The highest BCUT2D eigenvalue weighted by Gasteiger charge is 2.26. The fourth-order valence-corrected chi connectivity index (χ4v) is 4.54. The van der Waals surface area contributed by atoms with Crippen LogP contribution in [0.3, 0.4) is 0 Å². The van der Waals surface area contributed by atoms with Crippen LogP contribution in [-0.4, -0.2) is 50.5 Å². The molecule has 2 aromatic carbocycles. The van der Waals surface area contributed by atoms with Gasteiger partial charge in [-0.05, 0) is 57.4 Å². The van der Waals surface area contributed by atoms with Crippen LogP contribution in [-0.2, 0) is 26.2 Å². The van der Waals surface area contributed by atoms with Crippen molar-refractivity contribution in [2.75, 3.05) is 23.7 Å². The first-order chi connectivity index (χ1) is 15.5. The first-order valence-corrected chi connectivity index (χ1v) is 13.0. The molecule has 180 valence electrons. The summed E-state index contributed by atoms with van der Waals surface area (Å²) in [5, 5.41) is 2.78. The summed E-state index contributed by atoms with van der Waals surface area (Å²) < 4.78 is 26.1. The van der Waals surface area contributed by atoms with Crippen molar-refractivity contribution in [3.05, 3.63) is 65.2 Å². The maximum atomic E-state index is 13.2. The molecule has 8 heteroatoms. The average molecular weight is 474 g/mol. The van der Waals surface area contributed by atoms with Crippen molar-refractivity contribution >= 4 is 27.5 Å². The minimum Gasteiger partial charge on any atom is -0.355 e. The van der Waals surface area contributed by atoms with E-state index in [1.165, 1.54) is 4.31 Å². The van der Waals surface area contributed by atoms with E-state index in [0.29, 0.717) is 25.2 Å². The molecule has 0 radical (unpaired) electrons. The van der Waals surface area contributed by atoms with Gasteiger partial charge in [0.05, 0.1) is 11.9 Å². The number of nitrogens with one attached hydrogen (secondary N) is 1. The summed E-state index contributed by atoms with van der Waals surface area (Å²) in [5.41, 5.74) is 3.59. The number of nitrogens with zero attached hydrogens (tertiary/aromatic N) is 2. The molecular weight excluding hydrogens is 438 g/mol. The molecule has 0 bridgehead atoms. The maximum Gasteiger partial charge on any atom is 0.242 e. The minimum absolute atomic E-state index is 0.132. The SMILES string of the molecule is CCNC(=O)C(C)N(Cc1ccc(C)cc1)C(=O)CCCN(c1cccc(C)c1)S(C)(=O)=O. The van der Waals surface area contributed by atoms with Crippen LogP contribution in [0.4, 0.5) is 5.69 Å². The summed E-state index contributed by atoms with van der Waals surface area (Å²) in [6, 6.07) is 14.5. The minimum atomic E-state index is -3.50. The molecule has 2 amide bonds. The second-order valence-electron chi connectivity index (χ2n) is 8.36. The maximum absolute atomic E-state index is 13.2. The van der Waals surface area contributed by atoms with Gasteiger partial charge in [-0.25, -0.2) is 8.42 Å². The van der Waals surface area contributed by atoms with Crippen LogP contribution in [0.1, 0.15) is 43.4 Å². The number of likely N-dealkylation sites (N-methyl/N-ethyl adjacent to an activating group) is 1. The first kappa shape index (κ1) is 26.4. The Balaban J connectivity index is 2.14. The van der Waals surface area contributed by atoms with E-state index in [-0.39, 0.29) is 24.8 Å².